The van der Waals surface area contributed by atoms with Gasteiger partial charge in [0.1, 0.15) is 0 Å². The molecule has 3 N–H and O–H groups in total. The van der Waals surface area contributed by atoms with Crippen molar-refractivity contribution in [1.29, 1.82) is 0 Å². The summed E-state index contributed by atoms with van der Waals surface area (Å²) in [7, 11) is 0. The molecule has 3 amide bonds. The third-order valence-electron chi connectivity index (χ3n) is 3.40. The molecule has 0 aliphatic rings. The Morgan fingerprint density at radius 3 is 2.27 bits per heavy atom. The van der Waals surface area contributed by atoms with Crippen LogP contribution in [0.2, 0.25) is 0 Å². The highest BCUT2D eigenvalue weighted by atomic mass is 16.2. The molecule has 0 aliphatic heterocycles. The number of carbonyl (C=O) groups excluding carboxylic acids is 2. The summed E-state index contributed by atoms with van der Waals surface area (Å²) in [6.07, 6.45) is 1.84. The number of rotatable bonds is 7. The number of amides is 3. The summed E-state index contributed by atoms with van der Waals surface area (Å²) in [6.45, 7) is 8.87. The zero-order valence-corrected chi connectivity index (χ0v) is 13.9. The molecule has 0 spiro atoms. The standard InChI is InChI=1S/C17H27N3O2/c1-5-13(4)19-16(21)14-6-8-15(9-7-14)20-17(22)18-11-10-12(2)3/h6-9,12-13H,5,10-11H2,1-4H3,(H,19,21)(H2,18,20,22). The number of urea groups is 1. The van der Waals surface area contributed by atoms with Crippen LogP contribution in [0.5, 0.6) is 0 Å². The van der Waals surface area contributed by atoms with Crippen molar-refractivity contribution in [3.05, 3.63) is 29.8 Å². The smallest absolute Gasteiger partial charge is 0.319 e. The molecular weight excluding hydrogens is 278 g/mol. The second kappa shape index (κ2) is 9.07. The molecule has 0 saturated heterocycles. The lowest BCUT2D eigenvalue weighted by Gasteiger charge is -2.12. The van der Waals surface area contributed by atoms with E-state index in [4.69, 9.17) is 0 Å². The van der Waals surface area contributed by atoms with Crippen LogP contribution < -0.4 is 16.0 Å². The van der Waals surface area contributed by atoms with E-state index in [0.717, 1.165) is 12.8 Å². The first-order valence-corrected chi connectivity index (χ1v) is 7.88. The first-order valence-electron chi connectivity index (χ1n) is 7.88. The number of hydrogen-bond donors (Lipinski definition) is 3. The molecular formula is C17H27N3O2. The van der Waals surface area contributed by atoms with Gasteiger partial charge >= 0.3 is 6.03 Å². The van der Waals surface area contributed by atoms with Gasteiger partial charge in [-0.15, -0.1) is 0 Å². The predicted octanol–water partition coefficient (Wildman–Crippen LogP) is 3.38. The average Bonchev–Trinajstić information content (AvgIpc) is 2.47. The maximum atomic E-state index is 11.9. The van der Waals surface area contributed by atoms with Crippen LogP contribution in [0.1, 0.15) is 50.9 Å². The third-order valence-corrected chi connectivity index (χ3v) is 3.40. The molecule has 0 radical (unpaired) electrons. The maximum absolute atomic E-state index is 11.9. The second-order valence-electron chi connectivity index (χ2n) is 5.92. The van der Waals surface area contributed by atoms with Gasteiger partial charge in [-0.3, -0.25) is 4.79 Å². The Bertz CT molecular complexity index is 483. The molecule has 122 valence electrons. The minimum absolute atomic E-state index is 0.0951. The summed E-state index contributed by atoms with van der Waals surface area (Å²) in [4.78, 5) is 23.6. The van der Waals surface area contributed by atoms with Gasteiger partial charge < -0.3 is 16.0 Å². The van der Waals surface area contributed by atoms with Crippen LogP contribution in [0.3, 0.4) is 0 Å². The number of benzene rings is 1. The lowest BCUT2D eigenvalue weighted by Crippen LogP contribution is -2.32. The summed E-state index contributed by atoms with van der Waals surface area (Å²) in [5.74, 6) is 0.464. The summed E-state index contributed by atoms with van der Waals surface area (Å²) in [5.41, 5.74) is 1.26. The van der Waals surface area contributed by atoms with E-state index in [0.29, 0.717) is 23.7 Å². The van der Waals surface area contributed by atoms with Crippen LogP contribution >= 0.6 is 0 Å². The minimum Gasteiger partial charge on any atom is -0.350 e. The summed E-state index contributed by atoms with van der Waals surface area (Å²) < 4.78 is 0. The SMILES string of the molecule is CCC(C)NC(=O)c1ccc(NC(=O)NCCC(C)C)cc1. The zero-order valence-electron chi connectivity index (χ0n) is 13.9. The van der Waals surface area contributed by atoms with E-state index in [-0.39, 0.29) is 18.0 Å². The van der Waals surface area contributed by atoms with Gasteiger partial charge in [0.2, 0.25) is 0 Å². The summed E-state index contributed by atoms with van der Waals surface area (Å²) >= 11 is 0. The van der Waals surface area contributed by atoms with Crippen molar-refractivity contribution in [3.63, 3.8) is 0 Å². The molecule has 0 fully saturated rings. The van der Waals surface area contributed by atoms with E-state index < -0.39 is 0 Å². The maximum Gasteiger partial charge on any atom is 0.319 e. The van der Waals surface area contributed by atoms with Crippen LogP contribution in [-0.2, 0) is 0 Å². The lowest BCUT2D eigenvalue weighted by atomic mass is 10.1. The second-order valence-corrected chi connectivity index (χ2v) is 5.92. The molecule has 0 bridgehead atoms. The fraction of sp³-hybridized carbons (Fsp3) is 0.529. The zero-order chi connectivity index (χ0) is 16.5. The molecule has 1 aromatic carbocycles. The molecule has 0 saturated carbocycles. The molecule has 0 heterocycles. The number of nitrogens with one attached hydrogen (secondary N) is 3. The number of carbonyl (C=O) groups is 2. The highest BCUT2D eigenvalue weighted by molar-refractivity contribution is 5.95. The van der Waals surface area contributed by atoms with Crippen LogP contribution in [0.25, 0.3) is 0 Å². The van der Waals surface area contributed by atoms with Crippen molar-refractivity contribution in [1.82, 2.24) is 10.6 Å². The van der Waals surface area contributed by atoms with Gasteiger partial charge in [0, 0.05) is 23.8 Å². The Labute approximate surface area is 132 Å². The Morgan fingerprint density at radius 1 is 1.09 bits per heavy atom. The van der Waals surface area contributed by atoms with Crippen molar-refractivity contribution >= 4 is 17.6 Å². The number of hydrogen-bond acceptors (Lipinski definition) is 2. The largest absolute Gasteiger partial charge is 0.350 e. The van der Waals surface area contributed by atoms with Gasteiger partial charge in [0.25, 0.3) is 5.91 Å². The fourth-order valence-corrected chi connectivity index (χ4v) is 1.76. The van der Waals surface area contributed by atoms with E-state index in [9.17, 15) is 9.59 Å². The molecule has 1 rings (SSSR count). The minimum atomic E-state index is -0.225. The van der Waals surface area contributed by atoms with E-state index in [1.807, 2.05) is 13.8 Å². The quantitative estimate of drug-likeness (QED) is 0.722. The topological polar surface area (TPSA) is 70.2 Å². The lowest BCUT2D eigenvalue weighted by molar-refractivity contribution is 0.0939. The Morgan fingerprint density at radius 2 is 1.73 bits per heavy atom. The van der Waals surface area contributed by atoms with Gasteiger partial charge in [-0.25, -0.2) is 4.79 Å². The summed E-state index contributed by atoms with van der Waals surface area (Å²) in [5, 5.41) is 8.46. The molecule has 0 aromatic heterocycles. The van der Waals surface area contributed by atoms with Crippen LogP contribution in [0.15, 0.2) is 24.3 Å². The Hall–Kier alpha value is -2.04. The molecule has 1 atom stereocenters. The van der Waals surface area contributed by atoms with Gasteiger partial charge in [0.05, 0.1) is 0 Å². The first-order chi connectivity index (χ1) is 10.4. The summed E-state index contributed by atoms with van der Waals surface area (Å²) in [6, 6.07) is 6.80. The normalized spacial score (nSPS) is 11.9. The van der Waals surface area contributed by atoms with Crippen LogP contribution in [0, 0.1) is 5.92 Å². The van der Waals surface area contributed by atoms with Crippen molar-refractivity contribution in [3.8, 4) is 0 Å². The molecule has 0 aliphatic carbocycles. The highest BCUT2D eigenvalue weighted by Gasteiger charge is 2.08. The van der Waals surface area contributed by atoms with Crippen LogP contribution in [-0.4, -0.2) is 24.5 Å². The molecule has 5 heteroatoms. The van der Waals surface area contributed by atoms with Crippen molar-refractivity contribution in [2.45, 2.75) is 46.6 Å². The molecule has 1 unspecified atom stereocenters. The van der Waals surface area contributed by atoms with Gasteiger partial charge in [-0.2, -0.15) is 0 Å². The number of anilines is 1. The molecule has 5 nitrogen and oxygen atoms in total. The van der Waals surface area contributed by atoms with Crippen molar-refractivity contribution < 1.29 is 9.59 Å². The van der Waals surface area contributed by atoms with E-state index in [2.05, 4.69) is 29.8 Å². The average molecular weight is 305 g/mol. The van der Waals surface area contributed by atoms with Gasteiger partial charge in [-0.1, -0.05) is 20.8 Å². The van der Waals surface area contributed by atoms with Crippen LogP contribution in [0.4, 0.5) is 10.5 Å². The third kappa shape index (κ3) is 6.61. The fourth-order valence-electron chi connectivity index (χ4n) is 1.76. The predicted molar refractivity (Wildman–Crippen MR) is 90.1 cm³/mol. The molecule has 22 heavy (non-hydrogen) atoms. The van der Waals surface area contributed by atoms with Gasteiger partial charge in [0.15, 0.2) is 0 Å². The Balaban J connectivity index is 2.47. The van der Waals surface area contributed by atoms with Gasteiger partial charge in [-0.05, 0) is 49.9 Å². The monoisotopic (exact) mass is 305 g/mol. The van der Waals surface area contributed by atoms with E-state index in [1.54, 1.807) is 24.3 Å². The first kappa shape index (κ1) is 18.0. The Kier molecular flexibility index (Phi) is 7.43. The van der Waals surface area contributed by atoms with Crippen molar-refractivity contribution in [2.75, 3.05) is 11.9 Å². The van der Waals surface area contributed by atoms with E-state index >= 15 is 0 Å². The highest BCUT2D eigenvalue weighted by Crippen LogP contribution is 2.10. The molecule has 1 aromatic rings. The van der Waals surface area contributed by atoms with E-state index in [1.165, 1.54) is 0 Å². The van der Waals surface area contributed by atoms with Crippen molar-refractivity contribution in [2.24, 2.45) is 5.92 Å².